The van der Waals surface area contributed by atoms with Gasteiger partial charge in [0.1, 0.15) is 23.2 Å². The van der Waals surface area contributed by atoms with Gasteiger partial charge in [0.25, 0.3) is 0 Å². The predicted molar refractivity (Wildman–Crippen MR) is 66.7 cm³/mol. The van der Waals surface area contributed by atoms with Crippen molar-refractivity contribution in [1.29, 1.82) is 0 Å². The van der Waals surface area contributed by atoms with Crippen LogP contribution >= 0.6 is 11.6 Å². The highest BCUT2D eigenvalue weighted by atomic mass is 35.5. The third-order valence-corrected chi connectivity index (χ3v) is 3.15. The van der Waals surface area contributed by atoms with Crippen LogP contribution in [0.2, 0.25) is 0 Å². The van der Waals surface area contributed by atoms with Crippen molar-refractivity contribution in [1.82, 2.24) is 0 Å². The lowest BCUT2D eigenvalue weighted by Gasteiger charge is -2.08. The van der Waals surface area contributed by atoms with E-state index in [4.69, 9.17) is 16.0 Å². The highest BCUT2D eigenvalue weighted by Crippen LogP contribution is 2.28. The van der Waals surface area contributed by atoms with E-state index < -0.39 is 17.0 Å². The van der Waals surface area contributed by atoms with Crippen LogP contribution in [0.5, 0.6) is 0 Å². The number of hydrogen-bond acceptors (Lipinski definition) is 1. The van der Waals surface area contributed by atoms with Crippen molar-refractivity contribution in [3.8, 4) is 0 Å². The Hall–Kier alpha value is -1.35. The van der Waals surface area contributed by atoms with Crippen molar-refractivity contribution in [2.45, 2.75) is 25.1 Å². The fourth-order valence-corrected chi connectivity index (χ4v) is 2.03. The molecule has 0 saturated heterocycles. The van der Waals surface area contributed by atoms with Crippen LogP contribution in [0.1, 0.15) is 29.4 Å². The summed E-state index contributed by atoms with van der Waals surface area (Å²) >= 11 is 6.13. The van der Waals surface area contributed by atoms with Crippen molar-refractivity contribution < 1.29 is 13.2 Å². The van der Waals surface area contributed by atoms with Gasteiger partial charge in [0.05, 0.1) is 5.38 Å². The lowest BCUT2D eigenvalue weighted by atomic mass is 10.1. The second-order valence-corrected chi connectivity index (χ2v) is 4.56. The molecule has 96 valence electrons. The molecule has 0 spiro atoms. The summed E-state index contributed by atoms with van der Waals surface area (Å²) in [7, 11) is 0. The maximum Gasteiger partial charge on any atom is 0.129 e. The molecule has 1 aromatic carbocycles. The second-order valence-electron chi connectivity index (χ2n) is 4.03. The fraction of sp³-hybridized carbons (Fsp3) is 0.286. The number of alkyl halides is 1. The van der Waals surface area contributed by atoms with Crippen LogP contribution in [0.15, 0.2) is 34.7 Å². The average molecular weight is 271 g/mol. The zero-order chi connectivity index (χ0) is 13.1. The molecule has 4 heteroatoms. The van der Waals surface area contributed by atoms with Gasteiger partial charge in [-0.15, -0.1) is 11.6 Å². The molecule has 1 unspecified atom stereocenters. The van der Waals surface area contributed by atoms with Crippen LogP contribution in [-0.2, 0) is 12.8 Å². The molecule has 0 fully saturated rings. The summed E-state index contributed by atoms with van der Waals surface area (Å²) in [4.78, 5) is 0. The van der Waals surface area contributed by atoms with Crippen LogP contribution in [0.25, 0.3) is 0 Å². The molecule has 1 aromatic heterocycles. The number of aryl methyl sites for hydroxylation is 1. The summed E-state index contributed by atoms with van der Waals surface area (Å²) in [5, 5.41) is -0.572. The Morgan fingerprint density at radius 3 is 2.39 bits per heavy atom. The molecule has 0 N–H and O–H groups in total. The number of benzene rings is 1. The Bertz CT molecular complexity index is 516. The van der Waals surface area contributed by atoms with Gasteiger partial charge < -0.3 is 4.42 Å². The molecule has 0 aliphatic rings. The Balaban J connectivity index is 2.18. The van der Waals surface area contributed by atoms with Gasteiger partial charge in [-0.05, 0) is 24.3 Å². The molecular weight excluding hydrogens is 258 g/mol. The summed E-state index contributed by atoms with van der Waals surface area (Å²) in [6.07, 6.45) is 0.828. The quantitative estimate of drug-likeness (QED) is 0.738. The van der Waals surface area contributed by atoms with Gasteiger partial charge in [-0.2, -0.15) is 0 Å². The second kappa shape index (κ2) is 5.53. The molecule has 1 heterocycles. The van der Waals surface area contributed by atoms with E-state index in [1.807, 2.05) is 13.0 Å². The topological polar surface area (TPSA) is 13.1 Å². The first kappa shape index (κ1) is 13.1. The zero-order valence-electron chi connectivity index (χ0n) is 9.92. The van der Waals surface area contributed by atoms with Gasteiger partial charge in [-0.25, -0.2) is 8.78 Å². The maximum absolute atomic E-state index is 13.5. The van der Waals surface area contributed by atoms with Crippen molar-refractivity contribution in [3.63, 3.8) is 0 Å². The van der Waals surface area contributed by atoms with Crippen LogP contribution < -0.4 is 0 Å². The van der Waals surface area contributed by atoms with Crippen LogP contribution in [0, 0.1) is 11.6 Å². The largest absolute Gasteiger partial charge is 0.465 e. The van der Waals surface area contributed by atoms with E-state index >= 15 is 0 Å². The van der Waals surface area contributed by atoms with Crippen molar-refractivity contribution in [2.75, 3.05) is 0 Å². The monoisotopic (exact) mass is 270 g/mol. The smallest absolute Gasteiger partial charge is 0.129 e. The third-order valence-electron chi connectivity index (χ3n) is 2.78. The molecule has 0 bridgehead atoms. The molecule has 1 atom stereocenters. The molecule has 2 rings (SSSR count). The Morgan fingerprint density at radius 2 is 1.83 bits per heavy atom. The van der Waals surface area contributed by atoms with Crippen molar-refractivity contribution in [3.05, 3.63) is 59.1 Å². The van der Waals surface area contributed by atoms with E-state index in [0.29, 0.717) is 5.76 Å². The van der Waals surface area contributed by atoms with E-state index in [9.17, 15) is 8.78 Å². The molecule has 1 nitrogen and oxygen atoms in total. The molecular formula is C14H13ClF2O. The first-order valence-corrected chi connectivity index (χ1v) is 6.21. The summed E-state index contributed by atoms with van der Waals surface area (Å²) in [6.45, 7) is 1.96. The Labute approximate surface area is 109 Å². The minimum absolute atomic E-state index is 0.00746. The SMILES string of the molecule is CCc1ccc(C(Cl)Cc2c(F)cccc2F)o1. The van der Waals surface area contributed by atoms with Gasteiger partial charge in [0, 0.05) is 18.4 Å². The van der Waals surface area contributed by atoms with E-state index in [1.165, 1.54) is 18.2 Å². The lowest BCUT2D eigenvalue weighted by molar-refractivity contribution is 0.459. The van der Waals surface area contributed by atoms with E-state index in [0.717, 1.165) is 12.2 Å². The number of furan rings is 1. The van der Waals surface area contributed by atoms with Gasteiger partial charge in [-0.3, -0.25) is 0 Å². The lowest BCUT2D eigenvalue weighted by Crippen LogP contribution is -2.00. The highest BCUT2D eigenvalue weighted by Gasteiger charge is 2.18. The van der Waals surface area contributed by atoms with Crippen LogP contribution in [-0.4, -0.2) is 0 Å². The predicted octanol–water partition coefficient (Wildman–Crippen LogP) is 4.64. The molecule has 0 saturated carbocycles. The Morgan fingerprint density at radius 1 is 1.17 bits per heavy atom. The minimum atomic E-state index is -0.581. The summed E-state index contributed by atoms with van der Waals surface area (Å²) in [5.74, 6) is 0.187. The van der Waals surface area contributed by atoms with Gasteiger partial charge >= 0.3 is 0 Å². The molecule has 2 aromatic rings. The Kier molecular flexibility index (Phi) is 4.02. The minimum Gasteiger partial charge on any atom is -0.465 e. The molecule has 0 aliphatic heterocycles. The molecule has 0 aliphatic carbocycles. The molecule has 0 amide bonds. The van der Waals surface area contributed by atoms with E-state index in [-0.39, 0.29) is 12.0 Å². The highest BCUT2D eigenvalue weighted by molar-refractivity contribution is 6.20. The summed E-state index contributed by atoms with van der Waals surface area (Å²) < 4.78 is 32.4. The molecule has 18 heavy (non-hydrogen) atoms. The van der Waals surface area contributed by atoms with E-state index in [2.05, 4.69) is 0 Å². The number of hydrogen-bond donors (Lipinski definition) is 0. The first-order valence-electron chi connectivity index (χ1n) is 5.77. The normalized spacial score (nSPS) is 12.7. The number of rotatable bonds is 4. The van der Waals surface area contributed by atoms with Crippen LogP contribution in [0.3, 0.4) is 0 Å². The van der Waals surface area contributed by atoms with Crippen molar-refractivity contribution in [2.24, 2.45) is 0 Å². The van der Waals surface area contributed by atoms with Gasteiger partial charge in [0.2, 0.25) is 0 Å². The van der Waals surface area contributed by atoms with Crippen molar-refractivity contribution >= 4 is 11.6 Å². The number of halogens is 3. The summed E-state index contributed by atoms with van der Waals surface area (Å²) in [6, 6.07) is 7.35. The zero-order valence-corrected chi connectivity index (χ0v) is 10.7. The third kappa shape index (κ3) is 2.72. The van der Waals surface area contributed by atoms with Crippen LogP contribution in [0.4, 0.5) is 8.78 Å². The standard InChI is InChI=1S/C14H13ClF2O/c1-2-9-6-7-14(18-9)11(15)8-10-12(16)4-3-5-13(10)17/h3-7,11H,2,8H2,1H3. The molecule has 0 radical (unpaired) electrons. The fourth-order valence-electron chi connectivity index (χ4n) is 1.76. The summed E-state index contributed by atoms with van der Waals surface area (Å²) in [5.41, 5.74) is -0.00746. The van der Waals surface area contributed by atoms with E-state index in [1.54, 1.807) is 6.07 Å². The first-order chi connectivity index (χ1) is 8.61. The maximum atomic E-state index is 13.5. The van der Waals surface area contributed by atoms with Gasteiger partial charge in [-0.1, -0.05) is 13.0 Å². The van der Waals surface area contributed by atoms with Gasteiger partial charge in [0.15, 0.2) is 0 Å². The average Bonchev–Trinajstić information content (AvgIpc) is 2.82.